The Bertz CT molecular complexity index is 835. The van der Waals surface area contributed by atoms with Gasteiger partial charge in [-0.2, -0.15) is 0 Å². The molecule has 0 amide bonds. The van der Waals surface area contributed by atoms with Crippen molar-refractivity contribution < 1.29 is 9.90 Å². The maximum Gasteiger partial charge on any atom is 0.167 e. The van der Waals surface area contributed by atoms with Crippen LogP contribution < -0.4 is 0 Å². The van der Waals surface area contributed by atoms with Crippen molar-refractivity contribution in [1.82, 2.24) is 4.90 Å². The number of aliphatic hydroxyl groups excluding tert-OH is 1. The summed E-state index contributed by atoms with van der Waals surface area (Å²) in [5.41, 5.74) is 2.89. The lowest BCUT2D eigenvalue weighted by atomic mass is 9.90. The van der Waals surface area contributed by atoms with Gasteiger partial charge in [0.05, 0.1) is 6.61 Å². The smallest absolute Gasteiger partial charge is 0.167 e. The van der Waals surface area contributed by atoms with E-state index in [-0.39, 0.29) is 18.3 Å². The highest BCUT2D eigenvalue weighted by molar-refractivity contribution is 6.31. The minimum Gasteiger partial charge on any atom is -0.395 e. The number of aliphatic hydroxyl groups is 1. The van der Waals surface area contributed by atoms with Crippen LogP contribution in [0.15, 0.2) is 48.5 Å². The molecule has 1 saturated heterocycles. The Kier molecular flexibility index (Phi) is 7.06. The predicted molar refractivity (Wildman–Crippen MR) is 109 cm³/mol. The molecule has 0 radical (unpaired) electrons. The third-order valence-corrected chi connectivity index (χ3v) is 5.05. The summed E-state index contributed by atoms with van der Waals surface area (Å²) in [6.07, 6.45) is 2.46. The van der Waals surface area contributed by atoms with Crippen molar-refractivity contribution in [3.8, 4) is 11.8 Å². The zero-order valence-corrected chi connectivity index (χ0v) is 16.1. The highest BCUT2D eigenvalue weighted by Gasteiger charge is 2.26. The number of ketones is 1. The van der Waals surface area contributed by atoms with Gasteiger partial charge < -0.3 is 5.11 Å². The van der Waals surface area contributed by atoms with Gasteiger partial charge in [-0.15, -0.1) is 0 Å². The lowest BCUT2D eigenvalue weighted by Crippen LogP contribution is -2.38. The number of carbonyl (C=O) groups excluding carboxylic acids is 1. The Morgan fingerprint density at radius 3 is 2.78 bits per heavy atom. The largest absolute Gasteiger partial charge is 0.395 e. The van der Waals surface area contributed by atoms with Crippen molar-refractivity contribution in [2.75, 3.05) is 19.7 Å². The molecule has 27 heavy (non-hydrogen) atoms. The molecule has 0 saturated carbocycles. The molecule has 1 unspecified atom stereocenters. The monoisotopic (exact) mass is 381 g/mol. The Morgan fingerprint density at radius 1 is 1.22 bits per heavy atom. The Balaban J connectivity index is 1.60. The Hall–Kier alpha value is -2.12. The summed E-state index contributed by atoms with van der Waals surface area (Å²) in [6, 6.07) is 15.4. The molecule has 2 aromatic rings. The maximum absolute atomic E-state index is 12.8. The molecule has 140 valence electrons. The van der Waals surface area contributed by atoms with Crippen LogP contribution in [0.5, 0.6) is 0 Å². The van der Waals surface area contributed by atoms with Crippen molar-refractivity contribution in [3.63, 3.8) is 0 Å². The molecule has 1 aliphatic rings. The number of benzene rings is 2. The summed E-state index contributed by atoms with van der Waals surface area (Å²) in [5.74, 6) is 6.19. The first-order valence-electron chi connectivity index (χ1n) is 9.36. The molecule has 0 aromatic heterocycles. The van der Waals surface area contributed by atoms with E-state index in [1.807, 2.05) is 24.3 Å². The molecule has 1 fully saturated rings. The van der Waals surface area contributed by atoms with E-state index in [1.54, 1.807) is 12.1 Å². The average molecular weight is 382 g/mol. The van der Waals surface area contributed by atoms with Crippen molar-refractivity contribution >= 4 is 17.4 Å². The van der Waals surface area contributed by atoms with Crippen LogP contribution in [-0.2, 0) is 6.54 Å². The number of likely N-dealkylation sites (tertiary alicyclic amines) is 1. The van der Waals surface area contributed by atoms with Crippen LogP contribution in [0.3, 0.4) is 0 Å². The molecule has 0 aliphatic carbocycles. The molecular formula is C23H24ClNO2. The minimum absolute atomic E-state index is 0.0286. The number of carbonyl (C=O) groups is 1. The van der Waals surface area contributed by atoms with Crippen molar-refractivity contribution in [2.24, 2.45) is 5.92 Å². The Labute approximate surface area is 166 Å². The van der Waals surface area contributed by atoms with Gasteiger partial charge in [0.25, 0.3) is 0 Å². The van der Waals surface area contributed by atoms with Crippen molar-refractivity contribution in [3.05, 3.63) is 70.2 Å². The van der Waals surface area contributed by atoms with E-state index in [4.69, 9.17) is 16.7 Å². The number of hydrogen-bond acceptors (Lipinski definition) is 3. The third-order valence-electron chi connectivity index (χ3n) is 4.82. The Morgan fingerprint density at radius 2 is 2.04 bits per heavy atom. The third kappa shape index (κ3) is 5.68. The number of nitrogens with zero attached hydrogens (tertiary/aromatic N) is 1. The molecule has 0 spiro atoms. The first-order chi connectivity index (χ1) is 13.2. The van der Waals surface area contributed by atoms with Gasteiger partial charge in [-0.25, -0.2) is 0 Å². The van der Waals surface area contributed by atoms with E-state index in [0.717, 1.165) is 38.0 Å². The van der Waals surface area contributed by atoms with Crippen LogP contribution in [0.25, 0.3) is 0 Å². The number of hydrogen-bond donors (Lipinski definition) is 1. The molecule has 3 nitrogen and oxygen atoms in total. The van der Waals surface area contributed by atoms with Gasteiger partial charge in [-0.1, -0.05) is 47.7 Å². The topological polar surface area (TPSA) is 40.5 Å². The van der Waals surface area contributed by atoms with E-state index in [2.05, 4.69) is 28.9 Å². The number of piperidine rings is 1. The van der Waals surface area contributed by atoms with E-state index in [9.17, 15) is 4.79 Å². The predicted octanol–water partition coefficient (Wildman–Crippen LogP) is 4.17. The second kappa shape index (κ2) is 9.71. The highest BCUT2D eigenvalue weighted by atomic mass is 35.5. The maximum atomic E-state index is 12.8. The van der Waals surface area contributed by atoms with Crippen LogP contribution in [0.1, 0.15) is 40.7 Å². The fourth-order valence-corrected chi connectivity index (χ4v) is 3.65. The number of rotatable bonds is 5. The average Bonchev–Trinajstić information content (AvgIpc) is 2.69. The van der Waals surface area contributed by atoms with Gasteiger partial charge >= 0.3 is 0 Å². The summed E-state index contributed by atoms with van der Waals surface area (Å²) in [6.45, 7) is 2.72. The van der Waals surface area contributed by atoms with Gasteiger partial charge in [0.15, 0.2) is 5.78 Å². The number of halogens is 1. The first-order valence-corrected chi connectivity index (χ1v) is 9.74. The molecule has 1 N–H and O–H groups in total. The van der Waals surface area contributed by atoms with E-state index < -0.39 is 0 Å². The molecule has 4 heteroatoms. The summed E-state index contributed by atoms with van der Waals surface area (Å²) in [5, 5.41) is 9.39. The molecule has 3 rings (SSSR count). The van der Waals surface area contributed by atoms with Crippen LogP contribution >= 0.6 is 11.6 Å². The molecule has 2 aromatic carbocycles. The number of Topliss-reactive ketones (excluding diaryl/α,β-unsaturated/α-hetero) is 1. The summed E-state index contributed by atoms with van der Waals surface area (Å²) in [7, 11) is 0. The van der Waals surface area contributed by atoms with Crippen LogP contribution in [0.4, 0.5) is 0 Å². The summed E-state index contributed by atoms with van der Waals surface area (Å²) >= 11 is 6.03. The molecular weight excluding hydrogens is 358 g/mol. The van der Waals surface area contributed by atoms with Gasteiger partial charge in [0, 0.05) is 41.6 Å². The van der Waals surface area contributed by atoms with E-state index in [1.165, 1.54) is 5.56 Å². The summed E-state index contributed by atoms with van der Waals surface area (Å²) < 4.78 is 0. The SMILES string of the molecule is O=C(c1cccc(Cl)c1)C1CCCN(Cc2ccc(C#CCCO)cc2)C1. The van der Waals surface area contributed by atoms with Crippen LogP contribution in [0.2, 0.25) is 5.02 Å². The van der Waals surface area contributed by atoms with E-state index in [0.29, 0.717) is 17.0 Å². The minimum atomic E-state index is 0.0286. The van der Waals surface area contributed by atoms with Gasteiger partial charge in [-0.3, -0.25) is 9.69 Å². The highest BCUT2D eigenvalue weighted by Crippen LogP contribution is 2.23. The molecule has 1 atom stereocenters. The van der Waals surface area contributed by atoms with Crippen molar-refractivity contribution in [1.29, 1.82) is 0 Å². The van der Waals surface area contributed by atoms with Crippen molar-refractivity contribution in [2.45, 2.75) is 25.8 Å². The second-order valence-electron chi connectivity index (χ2n) is 6.92. The standard InChI is InChI=1S/C23H24ClNO2/c24-22-8-3-6-20(15-22)23(27)21-7-4-13-25(17-21)16-19-11-9-18(10-12-19)5-1-2-14-26/h3,6,8-12,15,21,26H,2,4,7,13-14,16-17H2. The van der Waals surface area contributed by atoms with E-state index >= 15 is 0 Å². The zero-order valence-electron chi connectivity index (χ0n) is 15.3. The quantitative estimate of drug-likeness (QED) is 0.624. The lowest BCUT2D eigenvalue weighted by molar-refractivity contribution is 0.0811. The molecule has 0 bridgehead atoms. The fourth-order valence-electron chi connectivity index (χ4n) is 3.46. The van der Waals surface area contributed by atoms with Gasteiger partial charge in [-0.05, 0) is 49.2 Å². The second-order valence-corrected chi connectivity index (χ2v) is 7.36. The molecule has 1 heterocycles. The summed E-state index contributed by atoms with van der Waals surface area (Å²) in [4.78, 5) is 15.2. The fraction of sp³-hybridized carbons (Fsp3) is 0.348. The first kappa shape index (κ1) is 19.6. The van der Waals surface area contributed by atoms with Gasteiger partial charge in [0.2, 0.25) is 0 Å². The van der Waals surface area contributed by atoms with Crippen LogP contribution in [-0.4, -0.2) is 35.5 Å². The van der Waals surface area contributed by atoms with Crippen LogP contribution in [0, 0.1) is 17.8 Å². The molecule has 1 aliphatic heterocycles. The van der Waals surface area contributed by atoms with Gasteiger partial charge in [0.1, 0.15) is 0 Å². The zero-order chi connectivity index (χ0) is 19.1. The lowest BCUT2D eigenvalue weighted by Gasteiger charge is -2.32. The normalized spacial score (nSPS) is 17.2.